The fourth-order valence-electron chi connectivity index (χ4n) is 1.94. The van der Waals surface area contributed by atoms with Crippen LogP contribution >= 0.6 is 0 Å². The van der Waals surface area contributed by atoms with E-state index in [-0.39, 0.29) is 23.7 Å². The van der Waals surface area contributed by atoms with Crippen molar-refractivity contribution in [3.05, 3.63) is 12.2 Å². The average Bonchev–Trinajstić information content (AvgIpc) is 2.87. The molecule has 0 aromatic carbocycles. The number of nitrogens with zero attached hydrogens (tertiary/aromatic N) is 1. The Hall–Kier alpha value is -1.16. The number of carbonyl (C=O) groups is 2. The molecule has 76 valence electrons. The summed E-state index contributed by atoms with van der Waals surface area (Å²) >= 11 is 0. The van der Waals surface area contributed by atoms with Crippen LogP contribution in [0.3, 0.4) is 0 Å². The first-order valence-electron chi connectivity index (χ1n) is 4.81. The van der Waals surface area contributed by atoms with E-state index in [2.05, 4.69) is 11.9 Å². The Morgan fingerprint density at radius 2 is 2.07 bits per heavy atom. The Morgan fingerprint density at radius 1 is 1.50 bits per heavy atom. The van der Waals surface area contributed by atoms with Gasteiger partial charge in [0, 0.05) is 6.54 Å². The highest BCUT2D eigenvalue weighted by molar-refractivity contribution is 6.09. The van der Waals surface area contributed by atoms with Crippen LogP contribution in [-0.2, 0) is 9.59 Å². The summed E-state index contributed by atoms with van der Waals surface area (Å²) in [5, 5.41) is 2.94. The van der Waals surface area contributed by atoms with Gasteiger partial charge in [0.15, 0.2) is 0 Å². The van der Waals surface area contributed by atoms with Crippen molar-refractivity contribution in [2.24, 2.45) is 11.8 Å². The maximum absolute atomic E-state index is 11.5. The van der Waals surface area contributed by atoms with Gasteiger partial charge >= 0.3 is 0 Å². The zero-order valence-corrected chi connectivity index (χ0v) is 8.25. The molecule has 1 saturated carbocycles. The summed E-state index contributed by atoms with van der Waals surface area (Å²) in [6, 6.07) is 0. The second-order valence-electron chi connectivity index (χ2n) is 3.99. The predicted molar refractivity (Wildman–Crippen MR) is 51.4 cm³/mol. The fraction of sp³-hybridized carbons (Fsp3) is 0.600. The van der Waals surface area contributed by atoms with Crippen molar-refractivity contribution in [2.45, 2.75) is 6.42 Å². The van der Waals surface area contributed by atoms with Gasteiger partial charge in [0.05, 0.1) is 18.4 Å². The van der Waals surface area contributed by atoms with Crippen LogP contribution in [0.2, 0.25) is 0 Å². The standard InChI is InChI=1S/C10H14N2O2/c1-6(4-11-2)5-12-9(13)7-3-8(7)10(12)14/h7-8,11H,1,3-5H2,2H3. The number of rotatable bonds is 4. The van der Waals surface area contributed by atoms with Crippen molar-refractivity contribution in [1.82, 2.24) is 10.2 Å². The maximum atomic E-state index is 11.5. The van der Waals surface area contributed by atoms with Crippen LogP contribution in [0.5, 0.6) is 0 Å². The number of carbonyl (C=O) groups excluding carboxylic acids is 2. The first-order chi connectivity index (χ1) is 6.65. The SMILES string of the molecule is C=C(CNC)CN1C(=O)C2CC2C1=O. The lowest BCUT2D eigenvalue weighted by molar-refractivity contribution is -0.140. The first-order valence-corrected chi connectivity index (χ1v) is 4.81. The summed E-state index contributed by atoms with van der Waals surface area (Å²) < 4.78 is 0. The van der Waals surface area contributed by atoms with Gasteiger partial charge in [-0.15, -0.1) is 0 Å². The predicted octanol–water partition coefficient (Wildman–Crippen LogP) is -0.233. The minimum Gasteiger partial charge on any atom is -0.316 e. The van der Waals surface area contributed by atoms with Gasteiger partial charge < -0.3 is 5.32 Å². The molecule has 0 bridgehead atoms. The van der Waals surface area contributed by atoms with E-state index in [0.717, 1.165) is 12.0 Å². The zero-order valence-electron chi connectivity index (χ0n) is 8.25. The van der Waals surface area contributed by atoms with Crippen molar-refractivity contribution < 1.29 is 9.59 Å². The van der Waals surface area contributed by atoms with E-state index in [0.29, 0.717) is 13.1 Å². The monoisotopic (exact) mass is 194 g/mol. The third kappa shape index (κ3) is 1.35. The molecular weight excluding hydrogens is 180 g/mol. The Kier molecular flexibility index (Phi) is 2.15. The number of hydrogen-bond donors (Lipinski definition) is 1. The summed E-state index contributed by atoms with van der Waals surface area (Å²) in [4.78, 5) is 24.4. The van der Waals surface area contributed by atoms with Crippen LogP contribution in [-0.4, -0.2) is 36.9 Å². The molecule has 2 unspecified atom stereocenters. The summed E-state index contributed by atoms with van der Waals surface area (Å²) in [5.41, 5.74) is 0.871. The summed E-state index contributed by atoms with van der Waals surface area (Å²) in [7, 11) is 1.82. The van der Waals surface area contributed by atoms with E-state index < -0.39 is 0 Å². The molecule has 1 aliphatic carbocycles. The molecule has 1 N–H and O–H groups in total. The molecule has 2 amide bonds. The number of hydrogen-bond acceptors (Lipinski definition) is 3. The maximum Gasteiger partial charge on any atom is 0.233 e. The molecule has 0 spiro atoms. The highest BCUT2D eigenvalue weighted by Gasteiger charge is 2.58. The summed E-state index contributed by atoms with van der Waals surface area (Å²) in [6.07, 6.45) is 0.771. The molecule has 1 saturated heterocycles. The molecule has 2 atom stereocenters. The number of piperidine rings is 1. The highest BCUT2D eigenvalue weighted by Crippen LogP contribution is 2.46. The molecule has 0 aromatic rings. The van der Waals surface area contributed by atoms with E-state index in [1.54, 1.807) is 0 Å². The molecular formula is C10H14N2O2. The van der Waals surface area contributed by atoms with Crippen LogP contribution in [0.25, 0.3) is 0 Å². The van der Waals surface area contributed by atoms with Gasteiger partial charge in [-0.05, 0) is 19.0 Å². The molecule has 0 radical (unpaired) electrons. The number of fused-ring (bicyclic) bond motifs is 1. The number of likely N-dealkylation sites (tertiary alicyclic amines) is 1. The Labute approximate surface area is 83.0 Å². The number of imide groups is 1. The van der Waals surface area contributed by atoms with Crippen molar-refractivity contribution >= 4 is 11.8 Å². The quantitative estimate of drug-likeness (QED) is 0.496. The zero-order chi connectivity index (χ0) is 10.3. The molecule has 2 fully saturated rings. The second kappa shape index (κ2) is 3.20. The van der Waals surface area contributed by atoms with Crippen molar-refractivity contribution in [3.63, 3.8) is 0 Å². The van der Waals surface area contributed by atoms with Crippen LogP contribution in [0.1, 0.15) is 6.42 Å². The normalized spacial score (nSPS) is 29.4. The highest BCUT2D eigenvalue weighted by atomic mass is 16.2. The van der Waals surface area contributed by atoms with Gasteiger partial charge in [0.2, 0.25) is 11.8 Å². The largest absolute Gasteiger partial charge is 0.316 e. The van der Waals surface area contributed by atoms with E-state index in [1.807, 2.05) is 7.05 Å². The summed E-state index contributed by atoms with van der Waals surface area (Å²) in [6.45, 7) is 4.83. The minimum absolute atomic E-state index is 0.00254. The average molecular weight is 194 g/mol. The van der Waals surface area contributed by atoms with Crippen LogP contribution < -0.4 is 5.32 Å². The Balaban J connectivity index is 1.95. The van der Waals surface area contributed by atoms with Gasteiger partial charge in [-0.1, -0.05) is 6.58 Å². The van der Waals surface area contributed by atoms with Gasteiger partial charge in [-0.2, -0.15) is 0 Å². The first kappa shape index (κ1) is 9.40. The molecule has 2 aliphatic rings. The number of nitrogens with one attached hydrogen (secondary N) is 1. The lowest BCUT2D eigenvalue weighted by Crippen LogP contribution is -2.35. The van der Waals surface area contributed by atoms with E-state index >= 15 is 0 Å². The smallest absolute Gasteiger partial charge is 0.233 e. The molecule has 4 heteroatoms. The lowest BCUT2D eigenvalue weighted by Gasteiger charge is -2.17. The van der Waals surface area contributed by atoms with Gasteiger partial charge in [0.1, 0.15) is 0 Å². The molecule has 4 nitrogen and oxygen atoms in total. The molecule has 0 aromatic heterocycles. The second-order valence-corrected chi connectivity index (χ2v) is 3.99. The Bertz CT molecular complexity index is 291. The molecule has 1 heterocycles. The number of likely N-dealkylation sites (N-methyl/N-ethyl adjacent to an activating group) is 1. The van der Waals surface area contributed by atoms with Gasteiger partial charge in [-0.3, -0.25) is 14.5 Å². The number of amides is 2. The van der Waals surface area contributed by atoms with Gasteiger partial charge in [-0.25, -0.2) is 0 Å². The van der Waals surface area contributed by atoms with Crippen LogP contribution in [0, 0.1) is 11.8 Å². The lowest BCUT2D eigenvalue weighted by atomic mass is 10.2. The van der Waals surface area contributed by atoms with Crippen LogP contribution in [0.15, 0.2) is 12.2 Å². The van der Waals surface area contributed by atoms with E-state index in [1.165, 1.54) is 4.90 Å². The van der Waals surface area contributed by atoms with Crippen LogP contribution in [0.4, 0.5) is 0 Å². The molecule has 14 heavy (non-hydrogen) atoms. The molecule has 2 rings (SSSR count). The minimum atomic E-state index is -0.00254. The van der Waals surface area contributed by atoms with Crippen molar-refractivity contribution in [2.75, 3.05) is 20.1 Å². The Morgan fingerprint density at radius 3 is 2.57 bits per heavy atom. The fourth-order valence-corrected chi connectivity index (χ4v) is 1.94. The third-order valence-electron chi connectivity index (χ3n) is 2.77. The topological polar surface area (TPSA) is 49.4 Å². The summed E-state index contributed by atoms with van der Waals surface area (Å²) in [5.74, 6) is 0.00396. The van der Waals surface area contributed by atoms with Crippen molar-refractivity contribution in [3.8, 4) is 0 Å². The van der Waals surface area contributed by atoms with E-state index in [4.69, 9.17) is 0 Å². The van der Waals surface area contributed by atoms with E-state index in [9.17, 15) is 9.59 Å². The molecule has 1 aliphatic heterocycles. The third-order valence-corrected chi connectivity index (χ3v) is 2.77. The van der Waals surface area contributed by atoms with Gasteiger partial charge in [0.25, 0.3) is 0 Å². The van der Waals surface area contributed by atoms with Crippen molar-refractivity contribution in [1.29, 1.82) is 0 Å².